The van der Waals surface area contributed by atoms with Gasteiger partial charge in [-0.3, -0.25) is 0 Å². The number of hydrogen-bond acceptors (Lipinski definition) is 0. The predicted molar refractivity (Wildman–Crippen MR) is 63.1 cm³/mol. The molecule has 0 saturated carbocycles. The van der Waals surface area contributed by atoms with Crippen LogP contribution in [0.25, 0.3) is 9.65 Å². The topological polar surface area (TPSA) is 28.2 Å². The van der Waals surface area contributed by atoms with Gasteiger partial charge in [-0.1, -0.05) is 0 Å². The van der Waals surface area contributed by atoms with Gasteiger partial charge < -0.3 is 0 Å². The number of nitrogens with zero attached hydrogens (tertiary/aromatic N) is 2. The van der Waals surface area contributed by atoms with Gasteiger partial charge in [-0.2, -0.15) is 0 Å². The van der Waals surface area contributed by atoms with Crippen molar-refractivity contribution in [1.29, 1.82) is 0 Å². The Bertz CT molecular complexity index is 404. The Labute approximate surface area is 95.2 Å². The molecule has 0 aromatic carbocycles. The quantitative estimate of drug-likeness (QED) is 0.598. The summed E-state index contributed by atoms with van der Waals surface area (Å²) >= 11 is 0.140. The summed E-state index contributed by atoms with van der Waals surface area (Å²) in [5.74, 6) is 0.885. The van der Waals surface area contributed by atoms with Gasteiger partial charge in [0.1, 0.15) is 0 Å². The normalized spacial score (nSPS) is 21.9. The Morgan fingerprint density at radius 2 is 1.40 bits per heavy atom. The molecule has 0 atom stereocenters. The molecule has 0 amide bonds. The summed E-state index contributed by atoms with van der Waals surface area (Å²) in [6.07, 6.45) is 16.4. The van der Waals surface area contributed by atoms with Crippen LogP contribution in [0.4, 0.5) is 0 Å². The zero-order valence-electron chi connectivity index (χ0n) is 7.92. The van der Waals surface area contributed by atoms with Gasteiger partial charge in [0.25, 0.3) is 0 Å². The third-order valence-corrected chi connectivity index (χ3v) is 3.86. The molecule has 0 aromatic rings. The van der Waals surface area contributed by atoms with E-state index in [9.17, 15) is 0 Å². The summed E-state index contributed by atoms with van der Waals surface area (Å²) in [6.45, 7) is 0. The van der Waals surface area contributed by atoms with Crippen LogP contribution in [0.3, 0.4) is 0 Å². The zero-order chi connectivity index (χ0) is 10.1. The maximum absolute atomic E-state index is 4.57. The Morgan fingerprint density at radius 1 is 0.800 bits per heavy atom. The van der Waals surface area contributed by atoms with Gasteiger partial charge in [0, 0.05) is 0 Å². The van der Waals surface area contributed by atoms with Crippen LogP contribution in [-0.2, 0) is 0 Å². The summed E-state index contributed by atoms with van der Waals surface area (Å²) < 4.78 is 5.62. The molecular weight excluding hydrogens is 251 g/mol. The van der Waals surface area contributed by atoms with Crippen LogP contribution in [0, 0.1) is 0 Å². The van der Waals surface area contributed by atoms with E-state index < -0.39 is 0 Å². The predicted octanol–water partition coefficient (Wildman–Crippen LogP) is 3.04. The number of hydrogen-bond donors (Lipinski definition) is 0. The Morgan fingerprint density at radius 3 is 2.07 bits per heavy atom. The number of rotatable bonds is 0. The second kappa shape index (κ2) is 3.61. The fourth-order valence-electron chi connectivity index (χ4n) is 1.50. The van der Waals surface area contributed by atoms with Crippen molar-refractivity contribution >= 4 is 15.2 Å². The maximum atomic E-state index is 4.57. The van der Waals surface area contributed by atoms with Gasteiger partial charge in [0.15, 0.2) is 0 Å². The molecule has 1 fully saturated rings. The van der Waals surface area contributed by atoms with Crippen molar-refractivity contribution in [2.45, 2.75) is 0 Å². The molecule has 3 heteroatoms. The molecule has 2 nitrogen and oxygen atoms in total. The van der Waals surface area contributed by atoms with Gasteiger partial charge >= 0.3 is 95.0 Å². The molecule has 74 valence electrons. The average molecular weight is 259 g/mol. The molecule has 1 saturated heterocycles. The van der Waals surface area contributed by atoms with Gasteiger partial charge in [0.2, 0.25) is 0 Å². The van der Waals surface area contributed by atoms with E-state index in [0.29, 0.717) is 0 Å². The standard InChI is InChI=1S/C12H8N2Se/c1-2-6-9(5-1)11-13-12(15-14-11)10-7-3-4-8-10/h1-8H/q-2. The van der Waals surface area contributed by atoms with Gasteiger partial charge in [-0.15, -0.1) is 0 Å². The molecule has 0 bridgehead atoms. The molecule has 0 aromatic heterocycles. The van der Waals surface area contributed by atoms with Crippen molar-refractivity contribution in [2.75, 3.05) is 0 Å². The second-order valence-electron chi connectivity index (χ2n) is 3.27. The molecule has 15 heavy (non-hydrogen) atoms. The Balaban J connectivity index is 1.90. The van der Waals surface area contributed by atoms with Crippen molar-refractivity contribution in [3.63, 3.8) is 0 Å². The first-order valence-electron chi connectivity index (χ1n) is 4.71. The Kier molecular flexibility index (Phi) is 2.13. The Hall–Kier alpha value is -1.44. The van der Waals surface area contributed by atoms with Crippen LogP contribution in [0.2, 0.25) is 0 Å². The zero-order valence-corrected chi connectivity index (χ0v) is 9.63. The van der Waals surface area contributed by atoms with Crippen molar-refractivity contribution < 1.29 is 0 Å². The van der Waals surface area contributed by atoms with E-state index in [4.69, 9.17) is 0 Å². The number of allylic oxidation sites excluding steroid dienone is 10. The summed E-state index contributed by atoms with van der Waals surface area (Å²) in [5, 5.41) is 4.57. The van der Waals surface area contributed by atoms with Crippen molar-refractivity contribution in [3.8, 4) is 0 Å². The second-order valence-corrected chi connectivity index (χ2v) is 4.85. The molecular formula is C12H8N2Se-2. The van der Waals surface area contributed by atoms with Crippen molar-refractivity contribution in [2.24, 2.45) is 0 Å². The van der Waals surface area contributed by atoms with E-state index in [-0.39, 0.29) is 15.2 Å². The van der Waals surface area contributed by atoms with E-state index >= 15 is 0 Å². The van der Waals surface area contributed by atoms with Crippen molar-refractivity contribution in [3.05, 3.63) is 79.8 Å². The van der Waals surface area contributed by atoms with E-state index in [0.717, 1.165) is 16.0 Å². The van der Waals surface area contributed by atoms with E-state index in [2.05, 4.69) is 21.8 Å². The van der Waals surface area contributed by atoms with Crippen LogP contribution < -0.4 is 0 Å². The summed E-state index contributed by atoms with van der Waals surface area (Å²) in [4.78, 5) is 0. The fraction of sp³-hybridized carbons (Fsp3) is 0. The van der Waals surface area contributed by atoms with Crippen LogP contribution >= 0.6 is 0 Å². The molecule has 3 rings (SSSR count). The molecule has 0 unspecified atom stereocenters. The molecule has 0 radical (unpaired) electrons. The minimum absolute atomic E-state index is 0.140. The van der Waals surface area contributed by atoms with Crippen LogP contribution in [0.5, 0.6) is 0 Å². The van der Waals surface area contributed by atoms with Gasteiger partial charge in [-0.25, -0.2) is 0 Å². The fourth-order valence-corrected chi connectivity index (χ4v) is 2.94. The molecule has 3 aliphatic rings. The van der Waals surface area contributed by atoms with E-state index in [1.165, 1.54) is 5.57 Å². The van der Waals surface area contributed by atoms with E-state index in [1.807, 2.05) is 36.5 Å². The van der Waals surface area contributed by atoms with Gasteiger partial charge in [-0.05, 0) is 0 Å². The summed E-state index contributed by atoms with van der Waals surface area (Å²) in [5.41, 5.74) is 2.33. The molecule has 0 N–H and O–H groups in total. The first-order chi connectivity index (χ1) is 7.43. The average Bonchev–Trinajstić information content (AvgIpc) is 3.02. The first-order valence-corrected chi connectivity index (χ1v) is 6.33. The third kappa shape index (κ3) is 1.60. The van der Waals surface area contributed by atoms with Crippen molar-refractivity contribution in [1.82, 2.24) is 0 Å². The molecule has 1 heterocycles. The van der Waals surface area contributed by atoms with Crippen LogP contribution in [0.15, 0.2) is 70.2 Å². The van der Waals surface area contributed by atoms with Crippen LogP contribution in [-0.4, -0.2) is 15.2 Å². The SMILES string of the molecule is C1=CC(=C2[N-][Se]C(=C3C=CC=C3)[N-]2)C=C1. The molecule has 0 spiro atoms. The van der Waals surface area contributed by atoms with Crippen LogP contribution in [0.1, 0.15) is 0 Å². The summed E-state index contributed by atoms with van der Waals surface area (Å²) in [6, 6.07) is 0. The van der Waals surface area contributed by atoms with E-state index in [1.54, 1.807) is 0 Å². The minimum atomic E-state index is 0.140. The molecule has 2 aliphatic carbocycles. The first kappa shape index (κ1) is 8.83. The third-order valence-electron chi connectivity index (χ3n) is 2.26. The summed E-state index contributed by atoms with van der Waals surface area (Å²) in [7, 11) is 0. The monoisotopic (exact) mass is 260 g/mol. The molecule has 1 aliphatic heterocycles. The van der Waals surface area contributed by atoms with Gasteiger partial charge in [0.05, 0.1) is 0 Å².